The second kappa shape index (κ2) is 3.56. The van der Waals surface area contributed by atoms with E-state index >= 15 is 0 Å². The first-order valence-electron chi connectivity index (χ1n) is 5.81. The number of hydrogen-bond acceptors (Lipinski definition) is 3. The Kier molecular flexibility index (Phi) is 2.17. The molecular formula is C12H16N4. The van der Waals surface area contributed by atoms with Crippen LogP contribution in [0.2, 0.25) is 0 Å². The lowest BCUT2D eigenvalue weighted by atomic mass is 10.1. The third-order valence-corrected chi connectivity index (χ3v) is 2.97. The Hall–Kier alpha value is -1.42. The second-order valence-electron chi connectivity index (χ2n) is 4.75. The zero-order chi connectivity index (χ0) is 11.1. The normalized spacial score (nSPS) is 17.9. The molecule has 1 atom stereocenters. The number of hydrogen-bond donors (Lipinski definition) is 1. The van der Waals surface area contributed by atoms with E-state index in [1.807, 2.05) is 19.4 Å². The molecule has 0 spiro atoms. The molecule has 2 aromatic rings. The molecule has 0 bridgehead atoms. The maximum Gasteiger partial charge on any atom is 0.160 e. The molecule has 0 radical (unpaired) electrons. The van der Waals surface area contributed by atoms with Gasteiger partial charge in [-0.15, -0.1) is 0 Å². The highest BCUT2D eigenvalue weighted by Gasteiger charge is 2.25. The number of rotatable bonds is 3. The number of imidazole rings is 1. The van der Waals surface area contributed by atoms with E-state index in [0.29, 0.717) is 6.04 Å². The molecule has 2 aromatic heterocycles. The Morgan fingerprint density at radius 3 is 3.00 bits per heavy atom. The van der Waals surface area contributed by atoms with Gasteiger partial charge in [-0.3, -0.25) is 0 Å². The van der Waals surface area contributed by atoms with Crippen molar-refractivity contribution in [2.75, 3.05) is 0 Å². The van der Waals surface area contributed by atoms with Crippen LogP contribution in [0.25, 0.3) is 11.2 Å². The fraction of sp³-hybridized carbons (Fsp3) is 0.500. The third kappa shape index (κ3) is 1.69. The third-order valence-electron chi connectivity index (χ3n) is 2.97. The predicted octanol–water partition coefficient (Wildman–Crippen LogP) is 1.66. The zero-order valence-corrected chi connectivity index (χ0v) is 9.43. The van der Waals surface area contributed by atoms with Crippen LogP contribution in [0.3, 0.4) is 0 Å². The number of nitrogens with zero attached hydrogens (tertiary/aromatic N) is 3. The summed E-state index contributed by atoms with van der Waals surface area (Å²) in [5.74, 6) is 0. The molecule has 0 amide bonds. The molecule has 84 valence electrons. The first-order chi connectivity index (χ1) is 7.74. The average Bonchev–Trinajstić information content (AvgIpc) is 2.98. The van der Waals surface area contributed by atoms with E-state index in [0.717, 1.165) is 17.6 Å². The van der Waals surface area contributed by atoms with Gasteiger partial charge >= 0.3 is 0 Å². The molecule has 3 rings (SSSR count). The molecule has 1 fully saturated rings. The molecule has 2 heterocycles. The van der Waals surface area contributed by atoms with Gasteiger partial charge in [0.15, 0.2) is 5.65 Å². The zero-order valence-electron chi connectivity index (χ0n) is 9.43. The summed E-state index contributed by atoms with van der Waals surface area (Å²) in [6, 6.07) is 2.91. The molecule has 4 nitrogen and oxygen atoms in total. The van der Waals surface area contributed by atoms with Crippen molar-refractivity contribution < 1.29 is 0 Å². The number of nitrogens with two attached hydrogens (primary N) is 1. The number of fused-ring (bicyclic) bond motifs is 1. The Balaban J connectivity index is 1.99. The van der Waals surface area contributed by atoms with Crippen molar-refractivity contribution in [1.82, 2.24) is 14.5 Å². The summed E-state index contributed by atoms with van der Waals surface area (Å²) in [6.07, 6.45) is 7.21. The number of pyridine rings is 1. The summed E-state index contributed by atoms with van der Waals surface area (Å²) in [6.45, 7) is 2.01. The van der Waals surface area contributed by atoms with Gasteiger partial charge < -0.3 is 10.3 Å². The largest absolute Gasteiger partial charge is 0.328 e. The Morgan fingerprint density at radius 2 is 2.31 bits per heavy atom. The molecule has 4 heteroatoms. The lowest BCUT2D eigenvalue weighted by Crippen LogP contribution is -2.17. The Morgan fingerprint density at radius 1 is 1.50 bits per heavy atom. The standard InChI is InChI=1S/C12H16N4/c1-8(13)4-9-5-11-12(14-6-9)16(7-15-11)10-2-3-10/h5-8,10H,2-4,13H2,1H3. The van der Waals surface area contributed by atoms with Gasteiger partial charge in [0.2, 0.25) is 0 Å². The minimum atomic E-state index is 0.171. The molecule has 2 N–H and O–H groups in total. The maximum atomic E-state index is 5.78. The smallest absolute Gasteiger partial charge is 0.160 e. The van der Waals surface area contributed by atoms with Crippen LogP contribution in [0.5, 0.6) is 0 Å². The average molecular weight is 216 g/mol. The molecule has 0 saturated heterocycles. The Bertz CT molecular complexity index is 511. The van der Waals surface area contributed by atoms with Crippen LogP contribution in [0, 0.1) is 0 Å². The van der Waals surface area contributed by atoms with E-state index < -0.39 is 0 Å². The molecular weight excluding hydrogens is 200 g/mol. The van der Waals surface area contributed by atoms with Crippen LogP contribution in [0.1, 0.15) is 31.4 Å². The van der Waals surface area contributed by atoms with Crippen molar-refractivity contribution in [1.29, 1.82) is 0 Å². The van der Waals surface area contributed by atoms with Crippen LogP contribution in [0.4, 0.5) is 0 Å². The van der Waals surface area contributed by atoms with Gasteiger partial charge in [-0.25, -0.2) is 9.97 Å². The fourth-order valence-electron chi connectivity index (χ4n) is 2.06. The SMILES string of the molecule is CC(N)Cc1cnc2c(c1)ncn2C1CC1. The molecule has 16 heavy (non-hydrogen) atoms. The van der Waals surface area contributed by atoms with Gasteiger partial charge in [0.1, 0.15) is 5.52 Å². The van der Waals surface area contributed by atoms with Crippen molar-refractivity contribution in [3.63, 3.8) is 0 Å². The number of aromatic nitrogens is 3. The van der Waals surface area contributed by atoms with E-state index in [2.05, 4.69) is 20.6 Å². The van der Waals surface area contributed by atoms with Crippen molar-refractivity contribution in [3.8, 4) is 0 Å². The summed E-state index contributed by atoms with van der Waals surface area (Å²) < 4.78 is 2.19. The van der Waals surface area contributed by atoms with Crippen LogP contribution < -0.4 is 5.73 Å². The first kappa shape index (κ1) is 9.78. The van der Waals surface area contributed by atoms with Gasteiger partial charge in [-0.1, -0.05) is 0 Å². The highest BCUT2D eigenvalue weighted by Crippen LogP contribution is 2.36. The van der Waals surface area contributed by atoms with E-state index in [9.17, 15) is 0 Å². The van der Waals surface area contributed by atoms with Crippen LogP contribution in [0.15, 0.2) is 18.6 Å². The molecule has 1 saturated carbocycles. The topological polar surface area (TPSA) is 56.7 Å². The van der Waals surface area contributed by atoms with Crippen molar-refractivity contribution in [2.45, 2.75) is 38.3 Å². The predicted molar refractivity (Wildman–Crippen MR) is 63.2 cm³/mol. The maximum absolute atomic E-state index is 5.78. The summed E-state index contributed by atoms with van der Waals surface area (Å²) >= 11 is 0. The molecule has 0 aromatic carbocycles. The summed E-state index contributed by atoms with van der Waals surface area (Å²) in [7, 11) is 0. The lowest BCUT2D eigenvalue weighted by Gasteiger charge is -2.05. The molecule has 1 aliphatic rings. The van der Waals surface area contributed by atoms with Gasteiger partial charge in [-0.2, -0.15) is 0 Å². The lowest BCUT2D eigenvalue weighted by molar-refractivity contribution is 0.734. The van der Waals surface area contributed by atoms with E-state index in [-0.39, 0.29) is 6.04 Å². The van der Waals surface area contributed by atoms with Crippen LogP contribution in [-0.4, -0.2) is 20.6 Å². The highest BCUT2D eigenvalue weighted by atomic mass is 15.1. The van der Waals surface area contributed by atoms with Crippen LogP contribution in [-0.2, 0) is 6.42 Å². The van der Waals surface area contributed by atoms with E-state index in [4.69, 9.17) is 5.73 Å². The van der Waals surface area contributed by atoms with E-state index in [1.54, 1.807) is 0 Å². The highest BCUT2D eigenvalue weighted by molar-refractivity contribution is 5.71. The van der Waals surface area contributed by atoms with Crippen LogP contribution >= 0.6 is 0 Å². The molecule has 1 unspecified atom stereocenters. The van der Waals surface area contributed by atoms with E-state index in [1.165, 1.54) is 18.4 Å². The van der Waals surface area contributed by atoms with Gasteiger partial charge in [0, 0.05) is 18.3 Å². The fourth-order valence-corrected chi connectivity index (χ4v) is 2.06. The molecule has 1 aliphatic carbocycles. The Labute approximate surface area is 94.5 Å². The summed E-state index contributed by atoms with van der Waals surface area (Å²) in [4.78, 5) is 8.91. The van der Waals surface area contributed by atoms with Crippen molar-refractivity contribution in [3.05, 3.63) is 24.2 Å². The summed E-state index contributed by atoms with van der Waals surface area (Å²) in [5, 5.41) is 0. The monoisotopic (exact) mass is 216 g/mol. The first-order valence-corrected chi connectivity index (χ1v) is 5.81. The van der Waals surface area contributed by atoms with Gasteiger partial charge in [0.05, 0.1) is 6.33 Å². The summed E-state index contributed by atoms with van der Waals surface area (Å²) in [5.41, 5.74) is 8.95. The van der Waals surface area contributed by atoms with Crippen molar-refractivity contribution in [2.24, 2.45) is 5.73 Å². The quantitative estimate of drug-likeness (QED) is 0.848. The molecule has 0 aliphatic heterocycles. The second-order valence-corrected chi connectivity index (χ2v) is 4.75. The van der Waals surface area contributed by atoms with Gasteiger partial charge in [-0.05, 0) is 37.8 Å². The van der Waals surface area contributed by atoms with Gasteiger partial charge in [0.25, 0.3) is 0 Å². The van der Waals surface area contributed by atoms with Crippen molar-refractivity contribution >= 4 is 11.2 Å². The minimum absolute atomic E-state index is 0.171. The minimum Gasteiger partial charge on any atom is -0.328 e.